The van der Waals surface area contributed by atoms with Crippen molar-refractivity contribution in [3.63, 3.8) is 0 Å². The molecule has 0 unspecified atom stereocenters. The van der Waals surface area contributed by atoms with Gasteiger partial charge in [-0.2, -0.15) is 0 Å². The molecule has 148 valence electrons. The molecule has 0 saturated heterocycles. The highest BCUT2D eigenvalue weighted by Crippen LogP contribution is 2.31. The van der Waals surface area contributed by atoms with Gasteiger partial charge in [0, 0.05) is 31.0 Å². The Hall–Kier alpha value is -3.52. The molecule has 8 heteroatoms. The van der Waals surface area contributed by atoms with Crippen LogP contribution >= 0.6 is 0 Å². The van der Waals surface area contributed by atoms with Gasteiger partial charge in [0.05, 0.1) is 32.9 Å². The van der Waals surface area contributed by atoms with Crippen molar-refractivity contribution in [1.82, 2.24) is 4.57 Å². The van der Waals surface area contributed by atoms with Crippen molar-refractivity contribution in [2.75, 3.05) is 25.2 Å². The first kappa shape index (κ1) is 18.8. The largest absolute Gasteiger partial charge is 0.397 e. The summed E-state index contributed by atoms with van der Waals surface area (Å²) in [4.78, 5) is 51.9. The molecule has 0 atom stereocenters. The Kier molecular flexibility index (Phi) is 4.43. The molecule has 0 spiro atoms. The Balaban J connectivity index is 2.15. The maximum atomic E-state index is 13.0. The third-order valence-electron chi connectivity index (χ3n) is 5.35. The zero-order valence-corrected chi connectivity index (χ0v) is 15.8. The third-order valence-corrected chi connectivity index (χ3v) is 5.35. The average Bonchev–Trinajstić information content (AvgIpc) is 2.97. The topological polar surface area (TPSA) is 134 Å². The maximum absolute atomic E-state index is 13.0. The Labute approximate surface area is 163 Å². The predicted octanol–water partition coefficient (Wildman–Crippen LogP) is 0.855. The molecule has 8 nitrogen and oxygen atoms in total. The molecule has 0 amide bonds. The first-order chi connectivity index (χ1) is 13.9. The second kappa shape index (κ2) is 6.82. The number of aromatic nitrogens is 1. The van der Waals surface area contributed by atoms with Gasteiger partial charge in [-0.05, 0) is 12.8 Å². The molecule has 0 aliphatic heterocycles. The lowest BCUT2D eigenvalue weighted by Crippen LogP contribution is -2.25. The number of nitrogens with two attached hydrogens (primary N) is 2. The summed E-state index contributed by atoms with van der Waals surface area (Å²) in [7, 11) is 1.57. The van der Waals surface area contributed by atoms with Gasteiger partial charge >= 0.3 is 0 Å². The summed E-state index contributed by atoms with van der Waals surface area (Å²) in [5, 5.41) is -0.00907. The van der Waals surface area contributed by atoms with E-state index in [4.69, 9.17) is 16.2 Å². The van der Waals surface area contributed by atoms with Crippen molar-refractivity contribution in [1.29, 1.82) is 0 Å². The second-order valence-corrected chi connectivity index (χ2v) is 6.99. The zero-order valence-electron chi connectivity index (χ0n) is 15.8. The van der Waals surface area contributed by atoms with Crippen LogP contribution in [0.1, 0.15) is 12.8 Å². The summed E-state index contributed by atoms with van der Waals surface area (Å²) in [6.07, 6.45) is 1.21. The summed E-state index contributed by atoms with van der Waals surface area (Å²) in [5.74, 6) is 0. The highest BCUT2D eigenvalue weighted by Gasteiger charge is 2.25. The smallest absolute Gasteiger partial charge is 0.263 e. The predicted molar refractivity (Wildman–Crippen MR) is 114 cm³/mol. The number of benzene rings is 3. The zero-order chi connectivity index (χ0) is 20.9. The number of hydrogen-bond acceptors (Lipinski definition) is 7. The van der Waals surface area contributed by atoms with Crippen molar-refractivity contribution in [2.24, 2.45) is 0 Å². The number of nitrogen functional groups attached to an aromatic ring is 2. The van der Waals surface area contributed by atoms with Crippen LogP contribution in [0, 0.1) is 0 Å². The molecule has 4 N–H and O–H groups in total. The molecule has 1 heterocycles. The molecule has 0 aliphatic carbocycles. The number of unbranched alkanes of at least 4 members (excludes halogenated alkanes) is 1. The minimum atomic E-state index is -0.603. The van der Waals surface area contributed by atoms with Crippen molar-refractivity contribution in [3.05, 3.63) is 65.4 Å². The molecule has 4 aromatic rings. The lowest BCUT2D eigenvalue weighted by molar-refractivity contribution is 0.191. The van der Waals surface area contributed by atoms with E-state index in [-0.39, 0.29) is 50.2 Å². The van der Waals surface area contributed by atoms with Gasteiger partial charge in [0.25, 0.3) is 11.1 Å². The minimum absolute atomic E-state index is 0.0986. The van der Waals surface area contributed by atoms with E-state index in [0.717, 1.165) is 4.57 Å². The standard InChI is InChI=1S/C21H19N3O5/c1-29-9-5-4-8-24-20(27)14-15(21(24)28)17(23)13-12(16(14)22)18(25)10-6-2-3-7-11(10)19(13)26/h2-3,6-7H,4-5,8-9,22-23H2,1H3. The highest BCUT2D eigenvalue weighted by atomic mass is 16.5. The molecular weight excluding hydrogens is 374 g/mol. The van der Waals surface area contributed by atoms with Crippen LogP contribution in [0.5, 0.6) is 0 Å². The first-order valence-electron chi connectivity index (χ1n) is 9.18. The number of rotatable bonds is 5. The van der Waals surface area contributed by atoms with Crippen LogP contribution < -0.4 is 33.4 Å². The van der Waals surface area contributed by atoms with Gasteiger partial charge in [-0.3, -0.25) is 23.7 Å². The monoisotopic (exact) mass is 393 g/mol. The number of anilines is 2. The molecule has 0 bridgehead atoms. The lowest BCUT2D eigenvalue weighted by Gasteiger charge is -2.07. The van der Waals surface area contributed by atoms with E-state index in [9.17, 15) is 19.2 Å². The van der Waals surface area contributed by atoms with Crippen LogP contribution in [0.15, 0.2) is 43.4 Å². The van der Waals surface area contributed by atoms with Crippen LogP contribution in [0.4, 0.5) is 11.4 Å². The Bertz CT molecular complexity index is 1390. The molecular formula is C21H19N3O5. The summed E-state index contributed by atoms with van der Waals surface area (Å²) >= 11 is 0. The Morgan fingerprint density at radius 2 is 1.28 bits per heavy atom. The van der Waals surface area contributed by atoms with E-state index in [1.807, 2.05) is 0 Å². The number of ether oxygens (including phenoxy) is 1. The quantitative estimate of drug-likeness (QED) is 0.222. The lowest BCUT2D eigenvalue weighted by atomic mass is 9.97. The maximum Gasteiger partial charge on any atom is 0.263 e. The van der Waals surface area contributed by atoms with Gasteiger partial charge in [0.1, 0.15) is 0 Å². The van der Waals surface area contributed by atoms with Gasteiger partial charge in [0.2, 0.25) is 0 Å². The van der Waals surface area contributed by atoms with E-state index >= 15 is 0 Å². The highest BCUT2D eigenvalue weighted by molar-refractivity contribution is 6.20. The van der Waals surface area contributed by atoms with E-state index in [1.165, 1.54) is 12.1 Å². The van der Waals surface area contributed by atoms with Crippen LogP contribution in [0.2, 0.25) is 0 Å². The first-order valence-corrected chi connectivity index (χ1v) is 9.18. The molecule has 4 rings (SSSR count). The fourth-order valence-corrected chi connectivity index (χ4v) is 3.93. The normalized spacial score (nSPS) is 11.8. The SMILES string of the molecule is COCCCCn1c(=O)c2c(N)c3c(=O)c4ccccc4c(=O)c3c(N)c2c1=O. The van der Waals surface area contributed by atoms with E-state index < -0.39 is 22.0 Å². The van der Waals surface area contributed by atoms with Gasteiger partial charge in [0.15, 0.2) is 10.9 Å². The van der Waals surface area contributed by atoms with Crippen molar-refractivity contribution < 1.29 is 4.74 Å². The number of fused-ring (bicyclic) bond motifs is 3. The molecule has 0 aliphatic rings. The molecule has 0 radical (unpaired) electrons. The average molecular weight is 393 g/mol. The summed E-state index contributed by atoms with van der Waals surface area (Å²) in [6, 6.07) is 6.32. The van der Waals surface area contributed by atoms with Gasteiger partial charge in [-0.1, -0.05) is 24.3 Å². The van der Waals surface area contributed by atoms with Gasteiger partial charge in [-0.15, -0.1) is 0 Å². The van der Waals surface area contributed by atoms with Crippen LogP contribution in [-0.2, 0) is 11.3 Å². The van der Waals surface area contributed by atoms with Crippen molar-refractivity contribution in [3.8, 4) is 0 Å². The fourth-order valence-electron chi connectivity index (χ4n) is 3.93. The fraction of sp³-hybridized carbons (Fsp3) is 0.238. The third kappa shape index (κ3) is 2.56. The number of nitrogens with zero attached hydrogens (tertiary/aromatic N) is 1. The summed E-state index contributed by atoms with van der Waals surface area (Å²) < 4.78 is 6.03. The van der Waals surface area contributed by atoms with E-state index in [2.05, 4.69) is 0 Å². The van der Waals surface area contributed by atoms with Crippen molar-refractivity contribution in [2.45, 2.75) is 19.4 Å². The van der Waals surface area contributed by atoms with Crippen LogP contribution in [0.3, 0.4) is 0 Å². The molecule has 0 fully saturated rings. The van der Waals surface area contributed by atoms with Crippen molar-refractivity contribution >= 4 is 43.7 Å². The molecule has 29 heavy (non-hydrogen) atoms. The van der Waals surface area contributed by atoms with E-state index in [0.29, 0.717) is 19.4 Å². The second-order valence-electron chi connectivity index (χ2n) is 6.99. The van der Waals surface area contributed by atoms with E-state index in [1.54, 1.807) is 19.2 Å². The summed E-state index contributed by atoms with van der Waals surface area (Å²) in [6.45, 7) is 0.671. The van der Waals surface area contributed by atoms with Gasteiger partial charge < -0.3 is 16.2 Å². The number of hydrogen-bond donors (Lipinski definition) is 2. The van der Waals surface area contributed by atoms with Crippen LogP contribution in [0.25, 0.3) is 32.3 Å². The Morgan fingerprint density at radius 1 is 0.793 bits per heavy atom. The number of methoxy groups -OCH3 is 1. The van der Waals surface area contributed by atoms with Crippen LogP contribution in [-0.4, -0.2) is 18.3 Å². The molecule has 3 aromatic carbocycles. The minimum Gasteiger partial charge on any atom is -0.397 e. The Morgan fingerprint density at radius 3 is 1.72 bits per heavy atom. The summed E-state index contributed by atoms with van der Waals surface area (Å²) in [5.41, 5.74) is 9.83. The molecule has 0 saturated carbocycles. The van der Waals surface area contributed by atoms with Gasteiger partial charge in [-0.25, -0.2) is 0 Å². The molecule has 1 aromatic heterocycles.